The van der Waals surface area contributed by atoms with Crippen LogP contribution in [0.3, 0.4) is 0 Å². The van der Waals surface area contributed by atoms with E-state index in [1.807, 2.05) is 24.3 Å². The number of epoxide rings is 2. The van der Waals surface area contributed by atoms with Crippen LogP contribution in [0.4, 0.5) is 0 Å². The van der Waals surface area contributed by atoms with Gasteiger partial charge in [-0.1, -0.05) is 73.8 Å². The van der Waals surface area contributed by atoms with Gasteiger partial charge in [0.15, 0.2) is 0 Å². The van der Waals surface area contributed by atoms with Crippen LogP contribution in [-0.2, 0) is 20.7 Å². The van der Waals surface area contributed by atoms with E-state index in [1.165, 1.54) is 16.7 Å². The molecular formula is C22H24O2. The predicted octanol–water partition coefficient (Wildman–Crippen LogP) is 5.15. The van der Waals surface area contributed by atoms with Crippen molar-refractivity contribution in [3.05, 3.63) is 83.9 Å². The van der Waals surface area contributed by atoms with E-state index in [2.05, 4.69) is 63.4 Å². The second kappa shape index (κ2) is 6.39. The topological polar surface area (TPSA) is 25.1 Å². The van der Waals surface area contributed by atoms with E-state index in [1.54, 1.807) is 0 Å². The zero-order valence-electron chi connectivity index (χ0n) is 14.4. The molecule has 2 aliphatic rings. The second-order valence-electron chi connectivity index (χ2n) is 6.66. The SMILES string of the molecule is C=Cc1ccc(C2(C)CO2)cc1.C=Cc1ccccc1C1(C)CO1. The first-order chi connectivity index (χ1) is 11.5. The van der Waals surface area contributed by atoms with Crippen LogP contribution in [0.2, 0.25) is 0 Å². The number of rotatable bonds is 4. The third-order valence-electron chi connectivity index (χ3n) is 4.66. The van der Waals surface area contributed by atoms with Crippen molar-refractivity contribution in [2.24, 2.45) is 0 Å². The zero-order valence-corrected chi connectivity index (χ0v) is 14.4. The van der Waals surface area contributed by atoms with Gasteiger partial charge in [-0.3, -0.25) is 0 Å². The van der Waals surface area contributed by atoms with Crippen molar-refractivity contribution in [1.29, 1.82) is 0 Å². The van der Waals surface area contributed by atoms with Crippen LogP contribution in [0.15, 0.2) is 61.7 Å². The Hall–Kier alpha value is -2.16. The van der Waals surface area contributed by atoms with E-state index in [4.69, 9.17) is 9.47 Å². The van der Waals surface area contributed by atoms with E-state index >= 15 is 0 Å². The Morgan fingerprint density at radius 1 is 0.833 bits per heavy atom. The lowest BCUT2D eigenvalue weighted by molar-refractivity contribution is 0.329. The lowest BCUT2D eigenvalue weighted by Gasteiger charge is -2.08. The van der Waals surface area contributed by atoms with Gasteiger partial charge in [-0.25, -0.2) is 0 Å². The fourth-order valence-corrected chi connectivity index (χ4v) is 2.67. The molecule has 0 aromatic heterocycles. The highest BCUT2D eigenvalue weighted by atomic mass is 16.6. The lowest BCUT2D eigenvalue weighted by Crippen LogP contribution is -2.03. The summed E-state index contributed by atoms with van der Waals surface area (Å²) in [5, 5.41) is 0. The molecule has 0 saturated carbocycles. The van der Waals surface area contributed by atoms with Gasteiger partial charge in [0.05, 0.1) is 13.2 Å². The van der Waals surface area contributed by atoms with Gasteiger partial charge in [0.2, 0.25) is 0 Å². The Morgan fingerprint density at radius 2 is 1.42 bits per heavy atom. The van der Waals surface area contributed by atoms with Crippen molar-refractivity contribution in [3.63, 3.8) is 0 Å². The zero-order chi connectivity index (χ0) is 17.2. The Balaban J connectivity index is 0.000000141. The summed E-state index contributed by atoms with van der Waals surface area (Å²) in [6.45, 7) is 13.4. The molecule has 0 radical (unpaired) electrons. The first-order valence-corrected chi connectivity index (χ1v) is 8.24. The van der Waals surface area contributed by atoms with E-state index in [0.717, 1.165) is 18.8 Å². The number of hydrogen-bond acceptors (Lipinski definition) is 2. The van der Waals surface area contributed by atoms with Crippen molar-refractivity contribution in [2.75, 3.05) is 13.2 Å². The Morgan fingerprint density at radius 3 is 1.92 bits per heavy atom. The Labute approximate surface area is 144 Å². The van der Waals surface area contributed by atoms with Crippen molar-refractivity contribution in [3.8, 4) is 0 Å². The molecule has 0 bridgehead atoms. The van der Waals surface area contributed by atoms with Gasteiger partial charge in [-0.05, 0) is 36.1 Å². The van der Waals surface area contributed by atoms with Crippen LogP contribution in [0.1, 0.15) is 36.1 Å². The average molecular weight is 320 g/mol. The number of benzene rings is 2. The number of ether oxygens (including phenoxy) is 2. The molecule has 2 nitrogen and oxygen atoms in total. The highest BCUT2D eigenvalue weighted by Gasteiger charge is 2.42. The van der Waals surface area contributed by atoms with Gasteiger partial charge in [-0.2, -0.15) is 0 Å². The molecule has 2 aliphatic heterocycles. The van der Waals surface area contributed by atoms with E-state index in [9.17, 15) is 0 Å². The van der Waals surface area contributed by atoms with E-state index in [0.29, 0.717) is 0 Å². The van der Waals surface area contributed by atoms with E-state index < -0.39 is 0 Å². The quantitative estimate of drug-likeness (QED) is 0.728. The molecule has 24 heavy (non-hydrogen) atoms. The minimum Gasteiger partial charge on any atom is -0.365 e. The maximum absolute atomic E-state index is 5.38. The molecule has 0 aliphatic carbocycles. The van der Waals surface area contributed by atoms with Gasteiger partial charge in [-0.15, -0.1) is 0 Å². The molecule has 0 amide bonds. The summed E-state index contributed by atoms with van der Waals surface area (Å²) >= 11 is 0. The molecule has 2 atom stereocenters. The molecule has 2 aromatic carbocycles. The standard InChI is InChI=1S/2C11H12O/c1-3-9-4-6-10(7-5-9)11(2)8-12-11;1-3-9-6-4-5-7-10(9)11(2)8-12-11/h2*3-7H,1,8H2,2H3. The summed E-state index contributed by atoms with van der Waals surface area (Å²) in [7, 11) is 0. The normalized spacial score (nSPS) is 26.8. The van der Waals surface area contributed by atoms with Crippen LogP contribution in [-0.4, -0.2) is 13.2 Å². The highest BCUT2D eigenvalue weighted by Crippen LogP contribution is 2.40. The smallest absolute Gasteiger partial charge is 0.114 e. The molecule has 2 heterocycles. The molecule has 2 heteroatoms. The van der Waals surface area contributed by atoms with Crippen molar-refractivity contribution >= 4 is 12.2 Å². The summed E-state index contributed by atoms with van der Waals surface area (Å²) in [4.78, 5) is 0. The first kappa shape index (κ1) is 16.7. The summed E-state index contributed by atoms with van der Waals surface area (Å²) < 4.78 is 10.7. The van der Waals surface area contributed by atoms with Gasteiger partial charge in [0, 0.05) is 0 Å². The largest absolute Gasteiger partial charge is 0.365 e. The van der Waals surface area contributed by atoms with E-state index in [-0.39, 0.29) is 11.2 Å². The van der Waals surface area contributed by atoms with Crippen LogP contribution in [0, 0.1) is 0 Å². The molecule has 2 aromatic rings. The monoisotopic (exact) mass is 320 g/mol. The third kappa shape index (κ3) is 3.50. The summed E-state index contributed by atoms with van der Waals surface area (Å²) in [5.41, 5.74) is 4.80. The first-order valence-electron chi connectivity index (χ1n) is 8.24. The molecular weight excluding hydrogens is 296 g/mol. The molecule has 2 fully saturated rings. The van der Waals surface area contributed by atoms with Gasteiger partial charge in [0.1, 0.15) is 11.2 Å². The lowest BCUT2D eigenvalue weighted by atomic mass is 9.96. The van der Waals surface area contributed by atoms with Gasteiger partial charge < -0.3 is 9.47 Å². The maximum atomic E-state index is 5.38. The fraction of sp³-hybridized carbons (Fsp3) is 0.273. The molecule has 0 spiro atoms. The van der Waals surface area contributed by atoms with Gasteiger partial charge in [0.25, 0.3) is 0 Å². The maximum Gasteiger partial charge on any atom is 0.114 e. The second-order valence-corrected chi connectivity index (χ2v) is 6.66. The Bertz CT molecular complexity index is 735. The van der Waals surface area contributed by atoms with Crippen LogP contribution in [0.25, 0.3) is 12.2 Å². The summed E-state index contributed by atoms with van der Waals surface area (Å²) in [6.07, 6.45) is 3.72. The van der Waals surface area contributed by atoms with Crippen molar-refractivity contribution in [2.45, 2.75) is 25.0 Å². The molecule has 4 rings (SSSR count). The minimum atomic E-state index is -0.0369. The van der Waals surface area contributed by atoms with Gasteiger partial charge >= 0.3 is 0 Å². The average Bonchev–Trinajstić information content (AvgIpc) is 3.55. The minimum absolute atomic E-state index is 0.000298. The summed E-state index contributed by atoms with van der Waals surface area (Å²) in [6, 6.07) is 16.6. The Kier molecular flexibility index (Phi) is 4.44. The van der Waals surface area contributed by atoms with Crippen LogP contribution >= 0.6 is 0 Å². The number of hydrogen-bond donors (Lipinski definition) is 0. The molecule has 0 N–H and O–H groups in total. The summed E-state index contributed by atoms with van der Waals surface area (Å²) in [5.74, 6) is 0. The molecule has 2 saturated heterocycles. The fourth-order valence-electron chi connectivity index (χ4n) is 2.67. The van der Waals surface area contributed by atoms with Crippen LogP contribution < -0.4 is 0 Å². The third-order valence-corrected chi connectivity index (χ3v) is 4.66. The van der Waals surface area contributed by atoms with Crippen LogP contribution in [0.5, 0.6) is 0 Å². The molecule has 2 unspecified atom stereocenters. The molecule has 124 valence electrons. The predicted molar refractivity (Wildman–Crippen MR) is 99.7 cm³/mol. The highest BCUT2D eigenvalue weighted by molar-refractivity contribution is 5.54. The van der Waals surface area contributed by atoms with Crippen molar-refractivity contribution < 1.29 is 9.47 Å². The van der Waals surface area contributed by atoms with Crippen molar-refractivity contribution in [1.82, 2.24) is 0 Å².